The monoisotopic (exact) mass is 682 g/mol. The molecule has 2 aliphatic heterocycles. The molecule has 3 aromatic carbocycles. The molecule has 1 fully saturated rings. The Balaban J connectivity index is 1.28. The van der Waals surface area contributed by atoms with E-state index in [0.29, 0.717) is 29.9 Å². The number of nitrogens with one attached hydrogen (secondary N) is 1. The molecule has 12 heteroatoms. The first kappa shape index (κ1) is 36.4. The van der Waals surface area contributed by atoms with E-state index in [1.165, 1.54) is 23.3 Å². The number of nitro groups is 1. The average Bonchev–Trinajstić information content (AvgIpc) is 3.13. The summed E-state index contributed by atoms with van der Waals surface area (Å²) in [4.78, 5) is 44.6. The van der Waals surface area contributed by atoms with Crippen molar-refractivity contribution in [1.82, 2.24) is 10.2 Å². The molecular formula is C38H46N6O6. The van der Waals surface area contributed by atoms with E-state index in [0.717, 1.165) is 38.2 Å². The average molecular weight is 683 g/mol. The lowest BCUT2D eigenvalue weighted by Crippen LogP contribution is -2.44. The summed E-state index contributed by atoms with van der Waals surface area (Å²) in [5.41, 5.74) is 15.5. The molecule has 264 valence electrons. The van der Waals surface area contributed by atoms with Crippen LogP contribution < -0.4 is 21.5 Å². The van der Waals surface area contributed by atoms with Crippen LogP contribution in [0.3, 0.4) is 0 Å². The number of carbonyl (C=O) groups is 2. The number of likely N-dealkylation sites (tertiary alicyclic amines) is 1. The van der Waals surface area contributed by atoms with Crippen molar-refractivity contribution in [1.29, 1.82) is 0 Å². The number of hydrogen-bond donors (Lipinski definition) is 3. The summed E-state index contributed by atoms with van der Waals surface area (Å²) >= 11 is 0. The summed E-state index contributed by atoms with van der Waals surface area (Å²) in [6.45, 7) is 5.24. The van der Waals surface area contributed by atoms with Crippen molar-refractivity contribution in [3.05, 3.63) is 117 Å². The Morgan fingerprint density at radius 3 is 2.28 bits per heavy atom. The van der Waals surface area contributed by atoms with Crippen LogP contribution in [-0.4, -0.2) is 80.4 Å². The van der Waals surface area contributed by atoms with Gasteiger partial charge >= 0.3 is 0 Å². The van der Waals surface area contributed by atoms with Gasteiger partial charge in [0.25, 0.3) is 5.69 Å². The Bertz CT molecular complexity index is 1700. The largest absolute Gasteiger partial charge is 0.497 e. The molecule has 2 unspecified atom stereocenters. The van der Waals surface area contributed by atoms with Gasteiger partial charge in [-0.25, -0.2) is 0 Å². The van der Waals surface area contributed by atoms with Crippen molar-refractivity contribution in [2.75, 3.05) is 53.0 Å². The lowest BCUT2D eigenvalue weighted by Gasteiger charge is -2.43. The molecule has 0 bridgehead atoms. The maximum atomic E-state index is 14.0. The highest BCUT2D eigenvalue weighted by Crippen LogP contribution is 2.43. The van der Waals surface area contributed by atoms with Gasteiger partial charge in [-0.2, -0.15) is 0 Å². The number of nitrogens with zero attached hydrogens (tertiary/aromatic N) is 3. The number of primary amides is 1. The summed E-state index contributed by atoms with van der Waals surface area (Å²) in [7, 11) is 1.68. The Morgan fingerprint density at radius 1 is 1.02 bits per heavy atom. The standard InChI is InChI=1S/C38H46N6O6/c1-26-33(36(40)45)34(27-9-13-30(14-10-27)44(47)48)35(32(42-26)25-50-24-19-39)37(46)41-20-6-21-43-22-17-38(18-23-43,28-7-4-3-5-8-28)29-11-15-31(49-2)16-12-29/h3-5,7-16,33-34H,6,17-25,39H2,1-2H3,(H2,40,45)(H,41,46). The number of carbonyl (C=O) groups excluding carboxylic acids is 2. The van der Waals surface area contributed by atoms with Crippen LogP contribution >= 0.6 is 0 Å². The summed E-state index contributed by atoms with van der Waals surface area (Å²) < 4.78 is 11.1. The second-order valence-corrected chi connectivity index (χ2v) is 12.8. The number of hydrogen-bond acceptors (Lipinski definition) is 9. The molecule has 0 aliphatic carbocycles. The van der Waals surface area contributed by atoms with Gasteiger partial charge in [0.1, 0.15) is 5.75 Å². The third-order valence-electron chi connectivity index (χ3n) is 9.85. The molecule has 0 aromatic heterocycles. The van der Waals surface area contributed by atoms with Crippen LogP contribution in [0.15, 0.2) is 95.1 Å². The first-order chi connectivity index (χ1) is 24.2. The molecule has 3 aromatic rings. The second-order valence-electron chi connectivity index (χ2n) is 12.8. The fourth-order valence-electron chi connectivity index (χ4n) is 7.27. The minimum Gasteiger partial charge on any atom is -0.497 e. The molecule has 2 atom stereocenters. The number of methoxy groups -OCH3 is 1. The van der Waals surface area contributed by atoms with Gasteiger partial charge in [-0.15, -0.1) is 0 Å². The number of piperidine rings is 1. The fraction of sp³-hybridized carbons (Fsp3) is 0.395. The maximum Gasteiger partial charge on any atom is 0.269 e. The zero-order chi connectivity index (χ0) is 35.7. The normalized spacial score (nSPS) is 19.1. The Morgan fingerprint density at radius 2 is 1.68 bits per heavy atom. The molecular weight excluding hydrogens is 636 g/mol. The molecule has 0 radical (unpaired) electrons. The van der Waals surface area contributed by atoms with E-state index in [-0.39, 0.29) is 42.3 Å². The molecule has 0 spiro atoms. The van der Waals surface area contributed by atoms with Gasteiger partial charge in [-0.1, -0.05) is 54.6 Å². The van der Waals surface area contributed by atoms with Crippen molar-refractivity contribution in [2.45, 2.75) is 37.5 Å². The predicted molar refractivity (Wildman–Crippen MR) is 192 cm³/mol. The summed E-state index contributed by atoms with van der Waals surface area (Å²) in [6, 6.07) is 24.9. The Hall–Kier alpha value is -4.91. The topological polar surface area (TPSA) is 175 Å². The van der Waals surface area contributed by atoms with Crippen molar-refractivity contribution < 1.29 is 24.0 Å². The maximum absolute atomic E-state index is 14.0. The lowest BCUT2D eigenvalue weighted by molar-refractivity contribution is -0.384. The lowest BCUT2D eigenvalue weighted by atomic mass is 9.68. The van der Waals surface area contributed by atoms with E-state index in [9.17, 15) is 19.7 Å². The number of nitro benzene ring substituents is 1. The summed E-state index contributed by atoms with van der Waals surface area (Å²) in [5.74, 6) is -1.91. The van der Waals surface area contributed by atoms with Gasteiger partial charge in [0.2, 0.25) is 11.8 Å². The van der Waals surface area contributed by atoms with E-state index in [4.69, 9.17) is 20.9 Å². The molecule has 5 N–H and O–H groups in total. The highest BCUT2D eigenvalue weighted by molar-refractivity contribution is 6.09. The minimum absolute atomic E-state index is 0.0113. The predicted octanol–water partition coefficient (Wildman–Crippen LogP) is 4.08. The zero-order valence-electron chi connectivity index (χ0n) is 28.7. The number of nitrogens with two attached hydrogens (primary N) is 2. The molecule has 2 amide bonds. The van der Waals surface area contributed by atoms with Crippen molar-refractivity contribution in [3.63, 3.8) is 0 Å². The first-order valence-corrected chi connectivity index (χ1v) is 17.0. The number of rotatable bonds is 15. The van der Waals surface area contributed by atoms with Gasteiger partial charge in [0.15, 0.2) is 0 Å². The van der Waals surface area contributed by atoms with Crippen LogP contribution in [0, 0.1) is 16.0 Å². The van der Waals surface area contributed by atoms with E-state index < -0.39 is 22.7 Å². The first-order valence-electron chi connectivity index (χ1n) is 17.0. The van der Waals surface area contributed by atoms with Crippen LogP contribution in [0.25, 0.3) is 0 Å². The molecule has 50 heavy (non-hydrogen) atoms. The molecule has 0 saturated carbocycles. The van der Waals surface area contributed by atoms with Gasteiger partial charge in [0, 0.05) is 47.8 Å². The van der Waals surface area contributed by atoms with Crippen LogP contribution in [0.2, 0.25) is 0 Å². The van der Waals surface area contributed by atoms with Crippen LogP contribution in [-0.2, 0) is 19.7 Å². The minimum atomic E-state index is -0.917. The second kappa shape index (κ2) is 16.7. The number of benzene rings is 3. The fourth-order valence-corrected chi connectivity index (χ4v) is 7.27. The number of amides is 2. The van der Waals surface area contributed by atoms with Crippen LogP contribution in [0.5, 0.6) is 5.75 Å². The zero-order valence-corrected chi connectivity index (χ0v) is 28.7. The van der Waals surface area contributed by atoms with Crippen molar-refractivity contribution in [2.24, 2.45) is 22.4 Å². The Kier molecular flexibility index (Phi) is 12.1. The van der Waals surface area contributed by atoms with Gasteiger partial charge in [0.05, 0.1) is 36.9 Å². The third-order valence-corrected chi connectivity index (χ3v) is 9.85. The van der Waals surface area contributed by atoms with E-state index in [2.05, 4.69) is 51.6 Å². The Labute approximate surface area is 292 Å². The van der Waals surface area contributed by atoms with Crippen LogP contribution in [0.4, 0.5) is 5.69 Å². The number of ether oxygens (including phenoxy) is 2. The van der Waals surface area contributed by atoms with E-state index >= 15 is 0 Å². The smallest absolute Gasteiger partial charge is 0.269 e. The van der Waals surface area contributed by atoms with Crippen molar-refractivity contribution in [3.8, 4) is 5.75 Å². The van der Waals surface area contributed by atoms with Gasteiger partial charge in [-0.3, -0.25) is 24.7 Å². The highest BCUT2D eigenvalue weighted by Gasteiger charge is 2.41. The van der Waals surface area contributed by atoms with Crippen molar-refractivity contribution >= 4 is 23.2 Å². The summed E-state index contributed by atoms with van der Waals surface area (Å²) in [6.07, 6.45) is 2.62. The van der Waals surface area contributed by atoms with E-state index in [1.54, 1.807) is 26.2 Å². The number of aliphatic imine (C=N–C) groups is 1. The molecule has 1 saturated heterocycles. The molecule has 2 heterocycles. The number of non-ortho nitro benzene ring substituents is 1. The highest BCUT2D eigenvalue weighted by atomic mass is 16.6. The van der Waals surface area contributed by atoms with Gasteiger partial charge < -0.3 is 31.2 Å². The quantitative estimate of drug-likeness (QED) is 0.122. The van der Waals surface area contributed by atoms with Crippen LogP contribution in [0.1, 0.15) is 48.8 Å². The molecule has 2 aliphatic rings. The third kappa shape index (κ3) is 8.10. The molecule has 12 nitrogen and oxygen atoms in total. The SMILES string of the molecule is COc1ccc(C2(c3ccccc3)CCN(CCCNC(=O)C3=C(COCCN)N=C(C)C(C(N)=O)C3c3ccc([N+](=O)[O-])cc3)CC2)cc1. The molecule has 5 rings (SSSR count). The van der Waals surface area contributed by atoms with E-state index in [1.807, 2.05) is 18.2 Å². The van der Waals surface area contributed by atoms with Gasteiger partial charge in [-0.05, 0) is 74.6 Å². The summed E-state index contributed by atoms with van der Waals surface area (Å²) in [5, 5.41) is 14.4.